The van der Waals surface area contributed by atoms with Gasteiger partial charge in [-0.05, 0) is 37.8 Å². The van der Waals surface area contributed by atoms with E-state index in [1.807, 2.05) is 56.3 Å². The fourth-order valence-corrected chi connectivity index (χ4v) is 4.70. The smallest absolute Gasteiger partial charge is 0.336 e. The Morgan fingerprint density at radius 3 is 2.48 bits per heavy atom. The molecule has 1 N–H and O–H groups in total. The van der Waals surface area contributed by atoms with E-state index in [1.54, 1.807) is 0 Å². The lowest BCUT2D eigenvalue weighted by molar-refractivity contribution is -0.136. The third-order valence-electron chi connectivity index (χ3n) is 6.03. The average molecular weight is 418 g/mol. The van der Waals surface area contributed by atoms with Crippen LogP contribution in [0.25, 0.3) is 0 Å². The fraction of sp³-hybridized carbons (Fsp3) is 0.308. The van der Waals surface area contributed by atoms with E-state index in [2.05, 4.69) is 17.4 Å². The molecule has 0 spiro atoms. The summed E-state index contributed by atoms with van der Waals surface area (Å²) in [6.45, 7) is 4.28. The number of ketones is 1. The summed E-state index contributed by atoms with van der Waals surface area (Å²) >= 11 is 0. The summed E-state index contributed by atoms with van der Waals surface area (Å²) < 4.78 is 11.0. The highest BCUT2D eigenvalue weighted by Gasteiger charge is 2.42. The minimum atomic E-state index is -0.518. The first-order valence-corrected chi connectivity index (χ1v) is 10.6. The molecule has 0 aromatic heterocycles. The Labute approximate surface area is 182 Å². The molecule has 0 fully saturated rings. The van der Waals surface area contributed by atoms with Crippen LogP contribution in [-0.4, -0.2) is 25.5 Å². The van der Waals surface area contributed by atoms with Crippen molar-refractivity contribution in [3.05, 3.63) is 88.3 Å². The highest BCUT2D eigenvalue weighted by atomic mass is 16.5. The predicted octanol–water partition coefficient (Wildman–Crippen LogP) is 4.62. The molecule has 2 atom stereocenters. The van der Waals surface area contributed by atoms with Crippen LogP contribution in [0.3, 0.4) is 0 Å². The van der Waals surface area contributed by atoms with Gasteiger partial charge in [-0.15, -0.1) is 0 Å². The van der Waals surface area contributed by atoms with Gasteiger partial charge in [0.1, 0.15) is 5.75 Å². The van der Waals surface area contributed by atoms with E-state index >= 15 is 0 Å². The zero-order chi connectivity index (χ0) is 22.0. The van der Waals surface area contributed by atoms with E-state index in [1.165, 1.54) is 7.11 Å². The lowest BCUT2D eigenvalue weighted by Gasteiger charge is -2.37. The summed E-state index contributed by atoms with van der Waals surface area (Å²) in [5.74, 6) is -0.125. The number of nitrogens with one attached hydrogen (secondary N) is 1. The van der Waals surface area contributed by atoms with Crippen LogP contribution in [0.1, 0.15) is 49.7 Å². The Bertz CT molecular complexity index is 1070. The molecule has 160 valence electrons. The summed E-state index contributed by atoms with van der Waals surface area (Å²) in [6, 6.07) is 17.7. The number of carbonyl (C=O) groups is 2. The molecule has 2 aromatic rings. The molecule has 1 heterocycles. The van der Waals surface area contributed by atoms with Crippen LogP contribution in [0, 0.1) is 0 Å². The average Bonchev–Trinajstić information content (AvgIpc) is 2.79. The van der Waals surface area contributed by atoms with Crippen molar-refractivity contribution in [1.29, 1.82) is 0 Å². The molecule has 0 amide bonds. The Morgan fingerprint density at radius 1 is 1.06 bits per heavy atom. The molecule has 0 saturated heterocycles. The zero-order valence-corrected chi connectivity index (χ0v) is 18.1. The van der Waals surface area contributed by atoms with Crippen molar-refractivity contribution < 1.29 is 19.1 Å². The lowest BCUT2D eigenvalue weighted by Crippen LogP contribution is -2.36. The van der Waals surface area contributed by atoms with E-state index in [-0.39, 0.29) is 11.7 Å². The van der Waals surface area contributed by atoms with Crippen LogP contribution in [-0.2, 0) is 14.3 Å². The number of rotatable bonds is 5. The van der Waals surface area contributed by atoms with Crippen LogP contribution in [0.2, 0.25) is 0 Å². The van der Waals surface area contributed by atoms with Crippen LogP contribution in [0.15, 0.2) is 77.1 Å². The van der Waals surface area contributed by atoms with E-state index < -0.39 is 11.9 Å². The van der Waals surface area contributed by atoms with Gasteiger partial charge in [-0.25, -0.2) is 4.79 Å². The molecule has 31 heavy (non-hydrogen) atoms. The number of hydrogen-bond acceptors (Lipinski definition) is 5. The minimum Gasteiger partial charge on any atom is -0.494 e. The number of hydrogen-bond donors (Lipinski definition) is 1. The number of para-hydroxylation sites is 1. The topological polar surface area (TPSA) is 64.6 Å². The Kier molecular flexibility index (Phi) is 5.94. The highest BCUT2D eigenvalue weighted by Crippen LogP contribution is 2.47. The van der Waals surface area contributed by atoms with E-state index in [4.69, 9.17) is 9.47 Å². The van der Waals surface area contributed by atoms with Gasteiger partial charge in [-0.2, -0.15) is 0 Å². The number of ether oxygens (including phenoxy) is 2. The lowest BCUT2D eigenvalue weighted by atomic mass is 9.71. The number of allylic oxidation sites excluding steroid dienone is 3. The number of Topliss-reactive ketones (excluding diaryl/α,β-unsaturated/α-hetero) is 1. The van der Waals surface area contributed by atoms with Gasteiger partial charge in [0.2, 0.25) is 0 Å². The number of dihydropyridines is 1. The van der Waals surface area contributed by atoms with Crippen molar-refractivity contribution in [2.75, 3.05) is 13.7 Å². The summed E-state index contributed by atoms with van der Waals surface area (Å²) in [4.78, 5) is 26.3. The van der Waals surface area contributed by atoms with Gasteiger partial charge in [0, 0.05) is 29.0 Å². The third kappa shape index (κ3) is 3.88. The second kappa shape index (κ2) is 8.80. The molecule has 0 saturated carbocycles. The largest absolute Gasteiger partial charge is 0.494 e. The Hall–Kier alpha value is -3.34. The van der Waals surface area contributed by atoms with Crippen molar-refractivity contribution in [3.8, 4) is 5.75 Å². The van der Waals surface area contributed by atoms with Gasteiger partial charge in [-0.1, -0.05) is 48.5 Å². The minimum absolute atomic E-state index is 0.0489. The van der Waals surface area contributed by atoms with Crippen LogP contribution in [0.4, 0.5) is 0 Å². The quantitative estimate of drug-likeness (QED) is 0.719. The molecule has 1 aliphatic heterocycles. The van der Waals surface area contributed by atoms with E-state index in [0.29, 0.717) is 42.0 Å². The van der Waals surface area contributed by atoms with Gasteiger partial charge in [-0.3, -0.25) is 4.79 Å². The summed E-state index contributed by atoms with van der Waals surface area (Å²) in [7, 11) is 1.37. The molecule has 0 radical (unpaired) electrons. The van der Waals surface area contributed by atoms with Gasteiger partial charge < -0.3 is 14.8 Å². The van der Waals surface area contributed by atoms with E-state index in [0.717, 1.165) is 16.8 Å². The number of methoxy groups -OCH3 is 1. The van der Waals surface area contributed by atoms with Crippen LogP contribution >= 0.6 is 0 Å². The second-order valence-electron chi connectivity index (χ2n) is 7.89. The summed E-state index contributed by atoms with van der Waals surface area (Å²) in [5.41, 5.74) is 4.65. The summed E-state index contributed by atoms with van der Waals surface area (Å²) in [6.07, 6.45) is 1.12. The Balaban J connectivity index is 1.85. The van der Waals surface area contributed by atoms with Crippen molar-refractivity contribution >= 4 is 11.8 Å². The molecule has 2 unspecified atom stereocenters. The Morgan fingerprint density at radius 2 is 1.77 bits per heavy atom. The maximum Gasteiger partial charge on any atom is 0.336 e. The molecular formula is C26H27NO4. The van der Waals surface area contributed by atoms with Gasteiger partial charge >= 0.3 is 5.97 Å². The molecular weight excluding hydrogens is 390 g/mol. The monoisotopic (exact) mass is 417 g/mol. The van der Waals surface area contributed by atoms with Gasteiger partial charge in [0.05, 0.1) is 25.2 Å². The molecule has 5 nitrogen and oxygen atoms in total. The fourth-order valence-electron chi connectivity index (χ4n) is 4.70. The maximum atomic E-state index is 13.5. The zero-order valence-electron chi connectivity index (χ0n) is 18.1. The first kappa shape index (κ1) is 20.9. The highest BCUT2D eigenvalue weighted by molar-refractivity contribution is 6.04. The van der Waals surface area contributed by atoms with E-state index in [9.17, 15) is 9.59 Å². The first-order valence-electron chi connectivity index (χ1n) is 10.6. The number of benzene rings is 2. The molecule has 0 bridgehead atoms. The number of esters is 1. The van der Waals surface area contributed by atoms with Gasteiger partial charge in [0.15, 0.2) is 5.78 Å². The van der Waals surface area contributed by atoms with Crippen molar-refractivity contribution in [2.24, 2.45) is 0 Å². The van der Waals surface area contributed by atoms with Crippen LogP contribution in [0.5, 0.6) is 5.75 Å². The van der Waals surface area contributed by atoms with Crippen molar-refractivity contribution in [3.63, 3.8) is 0 Å². The molecule has 4 rings (SSSR count). The maximum absolute atomic E-state index is 13.5. The molecule has 1 aliphatic carbocycles. The third-order valence-corrected chi connectivity index (χ3v) is 6.03. The second-order valence-corrected chi connectivity index (χ2v) is 7.89. The molecule has 2 aromatic carbocycles. The normalized spacial score (nSPS) is 20.8. The standard InChI is InChI=1S/C26H27NO4/c1-4-31-22-13-9-8-12-19(22)24-23(26(29)30-3)16(2)27-20-14-18(15-21(28)25(20)24)17-10-6-5-7-11-17/h5-13,18,24,27H,4,14-15H2,1-3H3. The van der Waals surface area contributed by atoms with Crippen LogP contribution < -0.4 is 10.1 Å². The number of carbonyl (C=O) groups excluding carboxylic acids is 2. The summed E-state index contributed by atoms with van der Waals surface area (Å²) in [5, 5.41) is 3.36. The molecule has 2 aliphatic rings. The predicted molar refractivity (Wildman–Crippen MR) is 119 cm³/mol. The van der Waals surface area contributed by atoms with Crippen molar-refractivity contribution in [1.82, 2.24) is 5.32 Å². The SMILES string of the molecule is CCOc1ccccc1C1C(C(=O)OC)=C(C)NC2=C1C(=O)CC(c1ccccc1)C2. The first-order chi connectivity index (χ1) is 15.0. The van der Waals surface area contributed by atoms with Crippen molar-refractivity contribution in [2.45, 2.75) is 38.5 Å². The molecule has 5 heteroatoms. The van der Waals surface area contributed by atoms with Gasteiger partial charge in [0.25, 0.3) is 0 Å².